The van der Waals surface area contributed by atoms with Gasteiger partial charge >= 0.3 is 0 Å². The van der Waals surface area contributed by atoms with Gasteiger partial charge in [0.25, 0.3) is 0 Å². The molecule has 0 spiro atoms. The quantitative estimate of drug-likeness (QED) is 0.787. The van der Waals surface area contributed by atoms with E-state index in [2.05, 4.69) is 25.7 Å². The molecule has 0 radical (unpaired) electrons. The molecule has 0 saturated carbocycles. The van der Waals surface area contributed by atoms with E-state index in [-0.39, 0.29) is 6.61 Å². The number of hydrogen-bond acceptors (Lipinski definition) is 2. The largest absolute Gasteiger partial charge is 0.493 e. The molecule has 1 N–H and O–H groups in total. The molecule has 0 saturated heterocycles. The Balaban J connectivity index is 2.52. The molecular weight excluding hydrogens is 200 g/mol. The van der Waals surface area contributed by atoms with Gasteiger partial charge in [0.2, 0.25) is 0 Å². The van der Waals surface area contributed by atoms with Crippen LogP contribution in [-0.2, 0) is 0 Å². The van der Waals surface area contributed by atoms with Crippen molar-refractivity contribution < 1.29 is 9.84 Å². The van der Waals surface area contributed by atoms with E-state index in [4.69, 9.17) is 9.84 Å². The maximum Gasteiger partial charge on any atom is 0.119 e. The third-order valence-electron chi connectivity index (χ3n) is 1.91. The van der Waals surface area contributed by atoms with E-state index in [0.717, 1.165) is 17.9 Å². The predicted octanol–water partition coefficient (Wildman–Crippen LogP) is 2.46. The second kappa shape index (κ2) is 6.92. The van der Waals surface area contributed by atoms with E-state index in [1.807, 2.05) is 24.3 Å². The summed E-state index contributed by atoms with van der Waals surface area (Å²) in [6, 6.07) is 7.71. The predicted molar refractivity (Wildman–Crippen MR) is 65.4 cm³/mol. The summed E-state index contributed by atoms with van der Waals surface area (Å²) >= 11 is 0. The van der Waals surface area contributed by atoms with Crippen molar-refractivity contribution in [1.29, 1.82) is 0 Å². The molecular formula is C14H18O2. The number of ether oxygens (including phenoxy) is 1. The lowest BCUT2D eigenvalue weighted by molar-refractivity contribution is 0.271. The van der Waals surface area contributed by atoms with E-state index in [0.29, 0.717) is 12.3 Å². The smallest absolute Gasteiger partial charge is 0.119 e. The summed E-state index contributed by atoms with van der Waals surface area (Å²) in [6.45, 7) is 5.08. The van der Waals surface area contributed by atoms with Crippen molar-refractivity contribution in [2.75, 3.05) is 13.2 Å². The molecule has 2 heteroatoms. The zero-order chi connectivity index (χ0) is 11.8. The molecule has 1 rings (SSSR count). The molecule has 1 aromatic carbocycles. The van der Waals surface area contributed by atoms with Gasteiger partial charge in [-0.2, -0.15) is 0 Å². The summed E-state index contributed by atoms with van der Waals surface area (Å²) < 4.78 is 5.56. The van der Waals surface area contributed by atoms with Crippen molar-refractivity contribution in [3.05, 3.63) is 29.8 Å². The van der Waals surface area contributed by atoms with Gasteiger partial charge in [0, 0.05) is 12.0 Å². The minimum Gasteiger partial charge on any atom is -0.493 e. The fourth-order valence-electron chi connectivity index (χ4n) is 1.12. The molecule has 0 aliphatic rings. The van der Waals surface area contributed by atoms with Gasteiger partial charge in [-0.1, -0.05) is 25.7 Å². The second-order valence-corrected chi connectivity index (χ2v) is 4.00. The van der Waals surface area contributed by atoms with Gasteiger partial charge in [-0.05, 0) is 30.2 Å². The topological polar surface area (TPSA) is 29.5 Å². The Morgan fingerprint density at radius 2 is 1.94 bits per heavy atom. The highest BCUT2D eigenvalue weighted by Gasteiger charge is 1.96. The van der Waals surface area contributed by atoms with Crippen LogP contribution in [0.4, 0.5) is 0 Å². The lowest BCUT2D eigenvalue weighted by atomic mass is 10.2. The van der Waals surface area contributed by atoms with Crippen LogP contribution >= 0.6 is 0 Å². The van der Waals surface area contributed by atoms with Crippen LogP contribution in [0.5, 0.6) is 5.75 Å². The van der Waals surface area contributed by atoms with Crippen LogP contribution < -0.4 is 4.74 Å². The fourth-order valence-corrected chi connectivity index (χ4v) is 1.12. The molecule has 2 nitrogen and oxygen atoms in total. The minimum absolute atomic E-state index is 0.114. The van der Waals surface area contributed by atoms with E-state index in [9.17, 15) is 0 Å². The van der Waals surface area contributed by atoms with E-state index in [1.165, 1.54) is 0 Å². The number of aliphatic hydroxyl groups is 1. The standard InChI is InChI=1S/C14H18O2/c1-12(2)11-16-14-8-6-13(7-9-14)5-3-4-10-15/h6-9,12,15H,4,10-11H2,1-2H3. The highest BCUT2D eigenvalue weighted by atomic mass is 16.5. The SMILES string of the molecule is CC(C)COc1ccc(C#CCCO)cc1. The molecule has 0 aliphatic carbocycles. The number of aliphatic hydroxyl groups excluding tert-OH is 1. The summed E-state index contributed by atoms with van der Waals surface area (Å²) in [5.41, 5.74) is 0.949. The van der Waals surface area contributed by atoms with E-state index < -0.39 is 0 Å². The molecule has 86 valence electrons. The van der Waals surface area contributed by atoms with Crippen molar-refractivity contribution in [2.24, 2.45) is 5.92 Å². The van der Waals surface area contributed by atoms with Gasteiger partial charge < -0.3 is 9.84 Å². The molecule has 1 aromatic rings. The van der Waals surface area contributed by atoms with Crippen LogP contribution in [0.15, 0.2) is 24.3 Å². The van der Waals surface area contributed by atoms with Crippen molar-refractivity contribution in [3.63, 3.8) is 0 Å². The Labute approximate surface area is 97.3 Å². The summed E-state index contributed by atoms with van der Waals surface area (Å²) in [6.07, 6.45) is 0.519. The third-order valence-corrected chi connectivity index (χ3v) is 1.91. The summed E-state index contributed by atoms with van der Waals surface area (Å²) in [4.78, 5) is 0. The van der Waals surface area contributed by atoms with E-state index >= 15 is 0 Å². The van der Waals surface area contributed by atoms with Gasteiger partial charge in [-0.15, -0.1) is 0 Å². The molecule has 16 heavy (non-hydrogen) atoms. The lowest BCUT2D eigenvalue weighted by Crippen LogP contribution is -2.04. The zero-order valence-electron chi connectivity index (χ0n) is 9.86. The first-order chi connectivity index (χ1) is 7.72. The lowest BCUT2D eigenvalue weighted by Gasteiger charge is -2.07. The normalized spacial score (nSPS) is 9.75. The van der Waals surface area contributed by atoms with Gasteiger partial charge in [0.05, 0.1) is 13.2 Å². The molecule has 0 heterocycles. The van der Waals surface area contributed by atoms with Gasteiger partial charge in [-0.3, -0.25) is 0 Å². The van der Waals surface area contributed by atoms with Gasteiger partial charge in [0.1, 0.15) is 5.75 Å². The van der Waals surface area contributed by atoms with Crippen molar-refractivity contribution in [2.45, 2.75) is 20.3 Å². The molecule has 0 bridgehead atoms. The Morgan fingerprint density at radius 1 is 1.25 bits per heavy atom. The average molecular weight is 218 g/mol. The van der Waals surface area contributed by atoms with Crippen molar-refractivity contribution in [3.8, 4) is 17.6 Å². The molecule has 0 fully saturated rings. The molecule has 0 aliphatic heterocycles. The first kappa shape index (κ1) is 12.6. The monoisotopic (exact) mass is 218 g/mol. The third kappa shape index (κ3) is 4.86. The van der Waals surface area contributed by atoms with Crippen LogP contribution in [0.25, 0.3) is 0 Å². The zero-order valence-corrected chi connectivity index (χ0v) is 9.86. The molecule has 0 unspecified atom stereocenters. The van der Waals surface area contributed by atoms with Crippen LogP contribution in [0.1, 0.15) is 25.8 Å². The first-order valence-corrected chi connectivity index (χ1v) is 5.55. The fraction of sp³-hybridized carbons (Fsp3) is 0.429. The summed E-state index contributed by atoms with van der Waals surface area (Å²) in [5.74, 6) is 7.26. The van der Waals surface area contributed by atoms with Crippen molar-refractivity contribution in [1.82, 2.24) is 0 Å². The van der Waals surface area contributed by atoms with Crippen LogP contribution in [0.2, 0.25) is 0 Å². The van der Waals surface area contributed by atoms with Crippen molar-refractivity contribution >= 4 is 0 Å². The second-order valence-electron chi connectivity index (χ2n) is 4.00. The minimum atomic E-state index is 0.114. The highest BCUT2D eigenvalue weighted by molar-refractivity contribution is 5.38. The van der Waals surface area contributed by atoms with Crippen LogP contribution in [0, 0.1) is 17.8 Å². The van der Waals surface area contributed by atoms with Gasteiger partial charge in [-0.25, -0.2) is 0 Å². The first-order valence-electron chi connectivity index (χ1n) is 5.55. The number of hydrogen-bond donors (Lipinski definition) is 1. The average Bonchev–Trinajstić information content (AvgIpc) is 2.28. The van der Waals surface area contributed by atoms with Crippen LogP contribution in [0.3, 0.4) is 0 Å². The maximum absolute atomic E-state index is 8.59. The Kier molecular flexibility index (Phi) is 5.45. The van der Waals surface area contributed by atoms with Crippen LogP contribution in [-0.4, -0.2) is 18.3 Å². The number of benzene rings is 1. The summed E-state index contributed by atoms with van der Waals surface area (Å²) in [5, 5.41) is 8.59. The Bertz CT molecular complexity index is 355. The Morgan fingerprint density at radius 3 is 2.50 bits per heavy atom. The molecule has 0 amide bonds. The van der Waals surface area contributed by atoms with E-state index in [1.54, 1.807) is 0 Å². The highest BCUT2D eigenvalue weighted by Crippen LogP contribution is 2.12. The summed E-state index contributed by atoms with van der Waals surface area (Å²) in [7, 11) is 0. The Hall–Kier alpha value is -1.46. The number of rotatable bonds is 4. The molecule has 0 aromatic heterocycles. The maximum atomic E-state index is 8.59. The van der Waals surface area contributed by atoms with Gasteiger partial charge in [0.15, 0.2) is 0 Å². The molecule has 0 atom stereocenters.